The first-order valence-electron chi connectivity index (χ1n) is 5.59. The van der Waals surface area contributed by atoms with Gasteiger partial charge in [-0.2, -0.15) is 0 Å². The van der Waals surface area contributed by atoms with Crippen LogP contribution >= 0.6 is 11.6 Å². The third-order valence-electron chi connectivity index (χ3n) is 2.54. The summed E-state index contributed by atoms with van der Waals surface area (Å²) < 4.78 is 18.4. The fourth-order valence-electron chi connectivity index (χ4n) is 1.58. The van der Waals surface area contributed by atoms with Crippen molar-refractivity contribution in [3.8, 4) is 5.75 Å². The van der Waals surface area contributed by atoms with Crippen molar-refractivity contribution in [1.29, 1.82) is 0 Å². The molecular formula is C13H11BClFO3. The maximum Gasteiger partial charge on any atom is 0.488 e. The molecule has 3 nitrogen and oxygen atoms in total. The highest BCUT2D eigenvalue weighted by Crippen LogP contribution is 2.23. The zero-order chi connectivity index (χ0) is 13.8. The summed E-state index contributed by atoms with van der Waals surface area (Å²) in [6, 6.07) is 10.5. The highest BCUT2D eigenvalue weighted by molar-refractivity contribution is 6.59. The summed E-state index contributed by atoms with van der Waals surface area (Å²) in [5, 5.41) is 18.2. The first-order valence-corrected chi connectivity index (χ1v) is 5.97. The van der Waals surface area contributed by atoms with Gasteiger partial charge >= 0.3 is 7.12 Å². The number of benzene rings is 2. The van der Waals surface area contributed by atoms with E-state index in [1.54, 1.807) is 12.1 Å². The topological polar surface area (TPSA) is 49.7 Å². The van der Waals surface area contributed by atoms with Crippen molar-refractivity contribution in [2.75, 3.05) is 0 Å². The van der Waals surface area contributed by atoms with Gasteiger partial charge in [0.25, 0.3) is 0 Å². The average molecular weight is 280 g/mol. The lowest BCUT2D eigenvalue weighted by atomic mass is 9.80. The molecule has 0 unspecified atom stereocenters. The van der Waals surface area contributed by atoms with Crippen LogP contribution in [0.3, 0.4) is 0 Å². The molecule has 0 fully saturated rings. The number of halogens is 2. The van der Waals surface area contributed by atoms with Crippen LogP contribution in [-0.4, -0.2) is 17.2 Å². The second-order valence-corrected chi connectivity index (χ2v) is 4.39. The molecule has 2 aromatic rings. The van der Waals surface area contributed by atoms with E-state index in [-0.39, 0.29) is 22.9 Å². The fraction of sp³-hybridized carbons (Fsp3) is 0.0769. The van der Waals surface area contributed by atoms with Gasteiger partial charge in [0.15, 0.2) is 0 Å². The van der Waals surface area contributed by atoms with Crippen LogP contribution < -0.4 is 10.2 Å². The summed E-state index contributed by atoms with van der Waals surface area (Å²) >= 11 is 5.95. The summed E-state index contributed by atoms with van der Waals surface area (Å²) in [4.78, 5) is 0. The van der Waals surface area contributed by atoms with Gasteiger partial charge in [-0.1, -0.05) is 29.8 Å². The monoisotopic (exact) mass is 280 g/mol. The van der Waals surface area contributed by atoms with Crippen molar-refractivity contribution in [3.05, 3.63) is 58.9 Å². The predicted octanol–water partition coefficient (Wildman–Crippen LogP) is 1.74. The maximum atomic E-state index is 13.0. The van der Waals surface area contributed by atoms with E-state index in [2.05, 4.69) is 0 Å². The van der Waals surface area contributed by atoms with Gasteiger partial charge in [0, 0.05) is 0 Å². The molecule has 2 aromatic carbocycles. The van der Waals surface area contributed by atoms with E-state index in [1.807, 2.05) is 0 Å². The second kappa shape index (κ2) is 6.06. The molecule has 0 atom stereocenters. The minimum absolute atomic E-state index is 0.179. The average Bonchev–Trinajstić information content (AvgIpc) is 2.37. The Bertz CT molecular complexity index is 578. The van der Waals surface area contributed by atoms with Crippen LogP contribution in [0.25, 0.3) is 0 Å². The lowest BCUT2D eigenvalue weighted by Crippen LogP contribution is -2.29. The smallest absolute Gasteiger partial charge is 0.487 e. The van der Waals surface area contributed by atoms with Gasteiger partial charge in [0.1, 0.15) is 18.2 Å². The lowest BCUT2D eigenvalue weighted by Gasteiger charge is -2.09. The second-order valence-electron chi connectivity index (χ2n) is 3.98. The molecule has 0 aliphatic carbocycles. The van der Waals surface area contributed by atoms with Crippen molar-refractivity contribution in [3.63, 3.8) is 0 Å². The molecule has 98 valence electrons. The Morgan fingerprint density at radius 2 is 1.95 bits per heavy atom. The third kappa shape index (κ3) is 3.70. The number of hydrogen-bond donors (Lipinski definition) is 2. The lowest BCUT2D eigenvalue weighted by molar-refractivity contribution is 0.306. The van der Waals surface area contributed by atoms with E-state index in [1.165, 1.54) is 30.3 Å². The SMILES string of the molecule is OB(O)c1ccc(OCc2cccc(F)c2)c(Cl)c1. The van der Waals surface area contributed by atoms with E-state index >= 15 is 0 Å². The molecule has 0 amide bonds. The van der Waals surface area contributed by atoms with E-state index in [9.17, 15) is 4.39 Å². The summed E-state index contributed by atoms with van der Waals surface area (Å²) in [5.74, 6) is 0.0706. The molecule has 0 bridgehead atoms. The largest absolute Gasteiger partial charge is 0.488 e. The van der Waals surface area contributed by atoms with Crippen LogP contribution in [0.2, 0.25) is 5.02 Å². The highest BCUT2D eigenvalue weighted by atomic mass is 35.5. The van der Waals surface area contributed by atoms with Gasteiger partial charge in [-0.05, 0) is 35.3 Å². The molecule has 2 N–H and O–H groups in total. The molecule has 0 aromatic heterocycles. The van der Waals surface area contributed by atoms with Crippen LogP contribution in [0.15, 0.2) is 42.5 Å². The Kier molecular flexibility index (Phi) is 4.42. The summed E-state index contributed by atoms with van der Waals surface area (Å²) in [6.45, 7) is 0.179. The van der Waals surface area contributed by atoms with Crippen molar-refractivity contribution in [2.24, 2.45) is 0 Å². The van der Waals surface area contributed by atoms with Crippen molar-refractivity contribution >= 4 is 24.2 Å². The van der Waals surface area contributed by atoms with Crippen molar-refractivity contribution < 1.29 is 19.2 Å². The normalized spacial score (nSPS) is 10.3. The van der Waals surface area contributed by atoms with Crippen LogP contribution in [-0.2, 0) is 6.61 Å². The quantitative estimate of drug-likeness (QED) is 0.839. The molecule has 0 radical (unpaired) electrons. The molecule has 19 heavy (non-hydrogen) atoms. The Morgan fingerprint density at radius 3 is 2.58 bits per heavy atom. The molecule has 0 saturated carbocycles. The molecule has 0 spiro atoms. The van der Waals surface area contributed by atoms with Gasteiger partial charge in [-0.3, -0.25) is 0 Å². The van der Waals surface area contributed by atoms with E-state index in [4.69, 9.17) is 26.4 Å². The third-order valence-corrected chi connectivity index (χ3v) is 2.83. The fourth-order valence-corrected chi connectivity index (χ4v) is 1.83. The number of rotatable bonds is 4. The van der Waals surface area contributed by atoms with Crippen LogP contribution in [0.1, 0.15) is 5.56 Å². The zero-order valence-corrected chi connectivity index (χ0v) is 10.6. The Balaban J connectivity index is 2.07. The van der Waals surface area contributed by atoms with Crippen molar-refractivity contribution in [2.45, 2.75) is 6.61 Å². The van der Waals surface area contributed by atoms with E-state index in [0.717, 1.165) is 0 Å². The van der Waals surface area contributed by atoms with Crippen LogP contribution in [0, 0.1) is 5.82 Å². The summed E-state index contributed by atoms with van der Waals surface area (Å²) in [7, 11) is -1.57. The molecule has 2 rings (SSSR count). The molecular weight excluding hydrogens is 269 g/mol. The van der Waals surface area contributed by atoms with Gasteiger partial charge in [0.05, 0.1) is 5.02 Å². The Morgan fingerprint density at radius 1 is 1.16 bits per heavy atom. The van der Waals surface area contributed by atoms with Crippen LogP contribution in [0.4, 0.5) is 4.39 Å². The van der Waals surface area contributed by atoms with Gasteiger partial charge in [-0.25, -0.2) is 4.39 Å². The molecule has 0 heterocycles. The number of hydrogen-bond acceptors (Lipinski definition) is 3. The highest BCUT2D eigenvalue weighted by Gasteiger charge is 2.13. The Hall–Kier alpha value is -1.56. The molecule has 0 saturated heterocycles. The van der Waals surface area contributed by atoms with Crippen molar-refractivity contribution in [1.82, 2.24) is 0 Å². The van der Waals surface area contributed by atoms with Gasteiger partial charge in [0.2, 0.25) is 0 Å². The molecule has 0 aliphatic heterocycles. The summed E-state index contributed by atoms with van der Waals surface area (Å²) in [5.41, 5.74) is 0.963. The van der Waals surface area contributed by atoms with Gasteiger partial charge in [-0.15, -0.1) is 0 Å². The minimum Gasteiger partial charge on any atom is -0.487 e. The molecule has 0 aliphatic rings. The number of ether oxygens (including phenoxy) is 1. The first kappa shape index (κ1) is 13.9. The first-order chi connectivity index (χ1) is 9.06. The summed E-state index contributed by atoms with van der Waals surface area (Å²) in [6.07, 6.45) is 0. The maximum absolute atomic E-state index is 13.0. The molecule has 6 heteroatoms. The zero-order valence-electron chi connectivity index (χ0n) is 9.88. The standard InChI is InChI=1S/C13H11BClFO3/c15-12-7-10(14(17)18)4-5-13(12)19-8-9-2-1-3-11(16)6-9/h1-7,17-18H,8H2. The van der Waals surface area contributed by atoms with E-state index < -0.39 is 7.12 Å². The van der Waals surface area contributed by atoms with Gasteiger partial charge < -0.3 is 14.8 Å². The Labute approximate surface area is 115 Å². The minimum atomic E-state index is -1.57. The van der Waals surface area contributed by atoms with E-state index in [0.29, 0.717) is 11.3 Å². The predicted molar refractivity (Wildman–Crippen MR) is 72.0 cm³/mol. The van der Waals surface area contributed by atoms with Crippen LogP contribution in [0.5, 0.6) is 5.75 Å².